The maximum atomic E-state index is 12.6. The van der Waals surface area contributed by atoms with Crippen molar-refractivity contribution in [1.82, 2.24) is 9.21 Å². The molecular weight excluding hydrogens is 368 g/mol. The molecule has 1 saturated heterocycles. The van der Waals surface area contributed by atoms with E-state index in [4.69, 9.17) is 11.6 Å². The number of nitrogens with zero attached hydrogens (tertiary/aromatic N) is 2. The number of amides is 1. The van der Waals surface area contributed by atoms with Crippen molar-refractivity contribution in [3.63, 3.8) is 0 Å². The minimum Gasteiger partial charge on any atom is -0.342 e. The van der Waals surface area contributed by atoms with Crippen LogP contribution in [0, 0.1) is 0 Å². The van der Waals surface area contributed by atoms with Crippen LogP contribution in [0.15, 0.2) is 29.2 Å². The molecule has 1 aliphatic heterocycles. The van der Waals surface area contributed by atoms with Gasteiger partial charge in [0.1, 0.15) is 0 Å². The fourth-order valence-corrected chi connectivity index (χ4v) is 4.75. The summed E-state index contributed by atoms with van der Waals surface area (Å²) in [5.41, 5.74) is 0. The van der Waals surface area contributed by atoms with E-state index < -0.39 is 10.0 Å². The lowest BCUT2D eigenvalue weighted by Crippen LogP contribution is -2.48. The molecule has 134 valence electrons. The van der Waals surface area contributed by atoms with Gasteiger partial charge in [-0.05, 0) is 31.9 Å². The van der Waals surface area contributed by atoms with E-state index in [0.29, 0.717) is 31.0 Å². The van der Waals surface area contributed by atoms with Gasteiger partial charge in [-0.15, -0.1) is 11.8 Å². The molecule has 0 spiro atoms. The fourth-order valence-electron chi connectivity index (χ4n) is 2.76. The Hall–Kier alpha value is -0.760. The lowest BCUT2D eigenvalue weighted by molar-refractivity contribution is -0.131. The van der Waals surface area contributed by atoms with Gasteiger partial charge in [0.25, 0.3) is 0 Å². The van der Waals surface area contributed by atoms with E-state index in [2.05, 4.69) is 0 Å². The number of sulfonamides is 1. The van der Waals surface area contributed by atoms with Crippen molar-refractivity contribution in [2.24, 2.45) is 0 Å². The molecule has 5 nitrogen and oxygen atoms in total. The Labute approximate surface area is 153 Å². The molecule has 1 aliphatic rings. The van der Waals surface area contributed by atoms with Gasteiger partial charge in [0.2, 0.25) is 15.9 Å². The molecule has 1 atom stereocenters. The molecule has 2 rings (SSSR count). The van der Waals surface area contributed by atoms with Crippen molar-refractivity contribution >= 4 is 39.3 Å². The Morgan fingerprint density at radius 1 is 1.33 bits per heavy atom. The molecule has 0 radical (unpaired) electrons. The van der Waals surface area contributed by atoms with Crippen LogP contribution in [0.1, 0.15) is 19.8 Å². The standard InChI is InChI=1S/C16H23ClN2O3S2/c1-12(23-15-7-5-4-6-14(15)17)16(20)19-10-8-13(9-11-19)18(2)24(3,21)22/h4-7,12-13H,8-11H2,1-3H3. The van der Waals surface area contributed by atoms with Crippen LogP contribution in [0.3, 0.4) is 0 Å². The number of thioether (sulfide) groups is 1. The Morgan fingerprint density at radius 3 is 2.46 bits per heavy atom. The number of hydrogen-bond donors (Lipinski definition) is 0. The van der Waals surface area contributed by atoms with Crippen LogP contribution in [0.2, 0.25) is 5.02 Å². The average molecular weight is 391 g/mol. The van der Waals surface area contributed by atoms with Gasteiger partial charge in [0.05, 0.1) is 16.5 Å². The Bertz CT molecular complexity index is 688. The van der Waals surface area contributed by atoms with Crippen LogP contribution in [-0.2, 0) is 14.8 Å². The van der Waals surface area contributed by atoms with Gasteiger partial charge < -0.3 is 4.90 Å². The molecule has 1 unspecified atom stereocenters. The molecule has 8 heteroatoms. The molecule has 0 aliphatic carbocycles. The molecular formula is C16H23ClN2O3S2. The maximum Gasteiger partial charge on any atom is 0.235 e. The summed E-state index contributed by atoms with van der Waals surface area (Å²) in [6.45, 7) is 3.04. The second kappa shape index (κ2) is 8.08. The van der Waals surface area contributed by atoms with Crippen molar-refractivity contribution in [1.29, 1.82) is 0 Å². The number of halogens is 1. The molecule has 1 aromatic carbocycles. The second-order valence-electron chi connectivity index (χ2n) is 6.03. The topological polar surface area (TPSA) is 57.7 Å². The van der Waals surface area contributed by atoms with E-state index in [9.17, 15) is 13.2 Å². The van der Waals surface area contributed by atoms with Crippen LogP contribution in [0.5, 0.6) is 0 Å². The zero-order chi connectivity index (χ0) is 17.9. The highest BCUT2D eigenvalue weighted by Gasteiger charge is 2.30. The fraction of sp³-hybridized carbons (Fsp3) is 0.562. The van der Waals surface area contributed by atoms with Crippen LogP contribution < -0.4 is 0 Å². The Balaban J connectivity index is 1.92. The van der Waals surface area contributed by atoms with Crippen LogP contribution >= 0.6 is 23.4 Å². The predicted molar refractivity (Wildman–Crippen MR) is 99.0 cm³/mol. The van der Waals surface area contributed by atoms with Crippen LogP contribution in [0.4, 0.5) is 0 Å². The van der Waals surface area contributed by atoms with Gasteiger partial charge in [-0.25, -0.2) is 12.7 Å². The highest BCUT2D eigenvalue weighted by atomic mass is 35.5. The number of piperidine rings is 1. The number of carbonyl (C=O) groups excluding carboxylic acids is 1. The number of carbonyl (C=O) groups is 1. The van der Waals surface area contributed by atoms with Gasteiger partial charge >= 0.3 is 0 Å². The molecule has 1 heterocycles. The summed E-state index contributed by atoms with van der Waals surface area (Å²) in [7, 11) is -1.59. The van der Waals surface area contributed by atoms with E-state index >= 15 is 0 Å². The second-order valence-corrected chi connectivity index (χ2v) is 9.86. The zero-order valence-corrected chi connectivity index (χ0v) is 16.5. The van der Waals surface area contributed by atoms with Gasteiger partial charge in [-0.1, -0.05) is 23.7 Å². The third-order valence-electron chi connectivity index (χ3n) is 4.30. The molecule has 24 heavy (non-hydrogen) atoms. The monoisotopic (exact) mass is 390 g/mol. The van der Waals surface area contributed by atoms with Crippen LogP contribution in [0.25, 0.3) is 0 Å². The smallest absolute Gasteiger partial charge is 0.235 e. The summed E-state index contributed by atoms with van der Waals surface area (Å²) in [4.78, 5) is 15.3. The third kappa shape index (κ3) is 4.88. The van der Waals surface area contributed by atoms with Crippen molar-refractivity contribution in [2.45, 2.75) is 36.0 Å². The van der Waals surface area contributed by atoms with Gasteiger partial charge in [-0.2, -0.15) is 0 Å². The quantitative estimate of drug-likeness (QED) is 0.725. The first kappa shape index (κ1) is 19.6. The largest absolute Gasteiger partial charge is 0.342 e. The molecule has 0 N–H and O–H groups in total. The van der Waals surface area contributed by atoms with Crippen molar-refractivity contribution in [3.8, 4) is 0 Å². The Kier molecular flexibility index (Phi) is 6.59. The number of hydrogen-bond acceptors (Lipinski definition) is 4. The van der Waals surface area contributed by atoms with E-state index in [1.165, 1.54) is 22.3 Å². The van der Waals surface area contributed by atoms with E-state index in [0.717, 1.165) is 4.90 Å². The number of likely N-dealkylation sites (tertiary alicyclic amines) is 1. The van der Waals surface area contributed by atoms with E-state index in [1.807, 2.05) is 36.1 Å². The summed E-state index contributed by atoms with van der Waals surface area (Å²) >= 11 is 7.60. The highest BCUT2D eigenvalue weighted by Crippen LogP contribution is 2.31. The molecule has 1 aromatic rings. The molecule has 0 saturated carbocycles. The normalized spacial score (nSPS) is 18.0. The first-order valence-corrected chi connectivity index (χ1v) is 10.9. The third-order valence-corrected chi connectivity index (χ3v) is 7.25. The lowest BCUT2D eigenvalue weighted by atomic mass is 10.1. The molecule has 1 fully saturated rings. The molecule has 0 bridgehead atoms. The minimum atomic E-state index is -3.19. The summed E-state index contributed by atoms with van der Waals surface area (Å²) in [5.74, 6) is 0.0698. The molecule has 0 aromatic heterocycles. The SMILES string of the molecule is CC(Sc1ccccc1Cl)C(=O)N1CCC(N(C)S(C)(=O)=O)CC1. The number of benzene rings is 1. The zero-order valence-electron chi connectivity index (χ0n) is 14.1. The Morgan fingerprint density at radius 2 is 1.92 bits per heavy atom. The summed E-state index contributed by atoms with van der Waals surface area (Å²) in [6.07, 6.45) is 2.55. The van der Waals surface area contributed by atoms with Crippen molar-refractivity contribution in [3.05, 3.63) is 29.3 Å². The van der Waals surface area contributed by atoms with Gasteiger partial charge in [0.15, 0.2) is 0 Å². The van der Waals surface area contributed by atoms with Gasteiger partial charge in [-0.3, -0.25) is 4.79 Å². The van der Waals surface area contributed by atoms with Crippen molar-refractivity contribution < 1.29 is 13.2 Å². The average Bonchev–Trinajstić information content (AvgIpc) is 2.55. The van der Waals surface area contributed by atoms with E-state index in [1.54, 1.807) is 7.05 Å². The summed E-state index contributed by atoms with van der Waals surface area (Å²) < 4.78 is 24.7. The van der Waals surface area contributed by atoms with Gasteiger partial charge in [0, 0.05) is 31.1 Å². The number of rotatable bonds is 5. The van der Waals surface area contributed by atoms with E-state index in [-0.39, 0.29) is 17.2 Å². The van der Waals surface area contributed by atoms with Crippen LogP contribution in [-0.4, -0.2) is 61.2 Å². The minimum absolute atomic E-state index is 0.0319. The summed E-state index contributed by atoms with van der Waals surface area (Å²) in [6, 6.07) is 7.45. The summed E-state index contributed by atoms with van der Waals surface area (Å²) in [5, 5.41) is 0.421. The first-order valence-electron chi connectivity index (χ1n) is 7.83. The first-order chi connectivity index (χ1) is 11.2. The lowest BCUT2D eigenvalue weighted by Gasteiger charge is -2.36. The van der Waals surface area contributed by atoms with Crippen molar-refractivity contribution in [2.75, 3.05) is 26.4 Å². The predicted octanol–water partition coefficient (Wildman–Crippen LogP) is 2.70. The highest BCUT2D eigenvalue weighted by molar-refractivity contribution is 8.00. The maximum absolute atomic E-state index is 12.6. The molecule has 1 amide bonds.